The summed E-state index contributed by atoms with van der Waals surface area (Å²) in [6.07, 6.45) is 2.77. The van der Waals surface area contributed by atoms with E-state index < -0.39 is 5.54 Å². The van der Waals surface area contributed by atoms with E-state index in [0.29, 0.717) is 12.3 Å². The highest BCUT2D eigenvalue weighted by Gasteiger charge is 2.41. The summed E-state index contributed by atoms with van der Waals surface area (Å²) in [5.74, 6) is 0.249. The minimum Gasteiger partial charge on any atom is -0.461 e. The van der Waals surface area contributed by atoms with Gasteiger partial charge in [0.2, 0.25) is 0 Å². The van der Waals surface area contributed by atoms with Crippen LogP contribution in [0.1, 0.15) is 71.1 Å². The van der Waals surface area contributed by atoms with Gasteiger partial charge in [-0.1, -0.05) is 32.9 Å². The lowest BCUT2D eigenvalue weighted by Crippen LogP contribution is -2.49. The number of rotatable bonds is 5. The molecular weight excluding hydrogens is 324 g/mol. The minimum absolute atomic E-state index is 0.117. The summed E-state index contributed by atoms with van der Waals surface area (Å²) in [5, 5.41) is 1.01. The molecule has 3 rings (SSSR count). The molecule has 4 heteroatoms. The summed E-state index contributed by atoms with van der Waals surface area (Å²) in [5.41, 5.74) is 8.29. The van der Waals surface area contributed by atoms with Crippen molar-refractivity contribution in [2.75, 3.05) is 0 Å². The number of pyridine rings is 1. The standard InChI is InChI=1S/C22H30N2O2/c1-14(2)26-20(25)22(23,13-21(3,4)5)17-9-11-19-16(12-17)8-10-18(24-19)15-6-7-15/h8-12,14-15H,6-7,13,23H2,1-5H3. The number of ether oxygens (including phenoxy) is 1. The van der Waals surface area contributed by atoms with Gasteiger partial charge >= 0.3 is 5.97 Å². The number of nitrogens with zero attached hydrogens (tertiary/aromatic N) is 1. The SMILES string of the molecule is CC(C)OC(=O)C(N)(CC(C)(C)C)c1ccc2nc(C3CC3)ccc2c1. The van der Waals surface area contributed by atoms with Crippen molar-refractivity contribution in [3.05, 3.63) is 41.6 Å². The summed E-state index contributed by atoms with van der Waals surface area (Å²) < 4.78 is 5.51. The van der Waals surface area contributed by atoms with E-state index in [4.69, 9.17) is 15.5 Å². The number of fused-ring (bicyclic) bond motifs is 1. The summed E-state index contributed by atoms with van der Waals surface area (Å²) in [6.45, 7) is 9.95. The lowest BCUT2D eigenvalue weighted by Gasteiger charge is -2.34. The zero-order valence-corrected chi connectivity index (χ0v) is 16.5. The smallest absolute Gasteiger partial charge is 0.331 e. The predicted molar refractivity (Wildman–Crippen MR) is 105 cm³/mol. The van der Waals surface area contributed by atoms with E-state index in [2.05, 4.69) is 32.9 Å². The lowest BCUT2D eigenvalue weighted by atomic mass is 9.76. The van der Waals surface area contributed by atoms with Crippen molar-refractivity contribution in [1.29, 1.82) is 0 Å². The van der Waals surface area contributed by atoms with Crippen molar-refractivity contribution in [3.8, 4) is 0 Å². The maximum absolute atomic E-state index is 12.9. The second-order valence-electron chi connectivity index (χ2n) is 9.08. The Kier molecular flexibility index (Phi) is 4.82. The molecule has 1 saturated carbocycles. The van der Waals surface area contributed by atoms with E-state index in [0.717, 1.165) is 22.2 Å². The number of esters is 1. The third-order valence-corrected chi connectivity index (χ3v) is 4.74. The molecule has 2 aromatic rings. The van der Waals surface area contributed by atoms with Crippen LogP contribution in [0.25, 0.3) is 10.9 Å². The van der Waals surface area contributed by atoms with Crippen LogP contribution in [-0.4, -0.2) is 17.1 Å². The topological polar surface area (TPSA) is 65.2 Å². The summed E-state index contributed by atoms with van der Waals surface area (Å²) in [4.78, 5) is 17.6. The Morgan fingerprint density at radius 3 is 2.50 bits per heavy atom. The van der Waals surface area contributed by atoms with Crippen LogP contribution in [0.4, 0.5) is 0 Å². The second-order valence-corrected chi connectivity index (χ2v) is 9.08. The third kappa shape index (κ3) is 4.07. The second kappa shape index (κ2) is 6.66. The van der Waals surface area contributed by atoms with Gasteiger partial charge in [-0.05, 0) is 62.3 Å². The van der Waals surface area contributed by atoms with Gasteiger partial charge in [0, 0.05) is 17.0 Å². The number of hydrogen-bond donors (Lipinski definition) is 1. The Balaban J connectivity index is 2.01. The molecule has 1 aliphatic carbocycles. The van der Waals surface area contributed by atoms with Crippen LogP contribution < -0.4 is 5.73 Å². The first-order valence-corrected chi connectivity index (χ1v) is 9.50. The average molecular weight is 354 g/mol. The van der Waals surface area contributed by atoms with Crippen LogP contribution in [-0.2, 0) is 15.1 Å². The highest BCUT2D eigenvalue weighted by molar-refractivity contribution is 5.86. The molecule has 4 nitrogen and oxygen atoms in total. The van der Waals surface area contributed by atoms with Crippen LogP contribution in [0, 0.1) is 5.41 Å². The maximum Gasteiger partial charge on any atom is 0.331 e. The first-order valence-electron chi connectivity index (χ1n) is 9.50. The van der Waals surface area contributed by atoms with Crippen LogP contribution in [0.3, 0.4) is 0 Å². The molecular formula is C22H30N2O2. The molecule has 140 valence electrons. The Labute approximate surface area is 156 Å². The van der Waals surface area contributed by atoms with Crippen LogP contribution in [0.15, 0.2) is 30.3 Å². The van der Waals surface area contributed by atoms with Gasteiger partial charge in [-0.3, -0.25) is 4.98 Å². The van der Waals surface area contributed by atoms with E-state index in [-0.39, 0.29) is 17.5 Å². The molecule has 0 radical (unpaired) electrons. The molecule has 1 fully saturated rings. The Hall–Kier alpha value is -1.94. The normalized spacial score (nSPS) is 17.3. The van der Waals surface area contributed by atoms with E-state index in [9.17, 15) is 4.79 Å². The monoisotopic (exact) mass is 354 g/mol. The minimum atomic E-state index is -1.17. The first-order chi connectivity index (χ1) is 12.1. The van der Waals surface area contributed by atoms with Crippen molar-refractivity contribution in [3.63, 3.8) is 0 Å². The summed E-state index contributed by atoms with van der Waals surface area (Å²) >= 11 is 0. The van der Waals surface area contributed by atoms with Gasteiger partial charge in [-0.25, -0.2) is 4.79 Å². The van der Waals surface area contributed by atoms with Gasteiger partial charge in [0.1, 0.15) is 5.54 Å². The molecule has 0 saturated heterocycles. The van der Waals surface area contributed by atoms with Gasteiger partial charge in [0.15, 0.2) is 0 Å². The van der Waals surface area contributed by atoms with E-state index >= 15 is 0 Å². The molecule has 1 aliphatic rings. The molecule has 0 bridgehead atoms. The van der Waals surface area contributed by atoms with Crippen molar-refractivity contribution in [1.82, 2.24) is 4.98 Å². The predicted octanol–water partition coefficient (Wildman–Crippen LogP) is 4.65. The zero-order chi connectivity index (χ0) is 19.1. The van der Waals surface area contributed by atoms with Crippen LogP contribution in [0.5, 0.6) is 0 Å². The van der Waals surface area contributed by atoms with Crippen LogP contribution >= 0.6 is 0 Å². The fourth-order valence-electron chi connectivity index (χ4n) is 3.47. The number of nitrogens with two attached hydrogens (primary N) is 1. The van der Waals surface area contributed by atoms with Crippen molar-refractivity contribution >= 4 is 16.9 Å². The molecule has 2 N–H and O–H groups in total. The summed E-state index contributed by atoms with van der Waals surface area (Å²) in [6, 6.07) is 10.1. The molecule has 0 amide bonds. The van der Waals surface area contributed by atoms with Gasteiger partial charge in [-0.15, -0.1) is 0 Å². The lowest BCUT2D eigenvalue weighted by molar-refractivity contribution is -0.156. The van der Waals surface area contributed by atoms with Crippen molar-refractivity contribution in [2.45, 2.75) is 71.4 Å². The molecule has 1 heterocycles. The summed E-state index contributed by atoms with van der Waals surface area (Å²) in [7, 11) is 0. The molecule has 1 atom stereocenters. The molecule has 1 aromatic carbocycles. The number of aromatic nitrogens is 1. The first kappa shape index (κ1) is 18.8. The fraction of sp³-hybridized carbons (Fsp3) is 0.545. The quantitative estimate of drug-likeness (QED) is 0.794. The van der Waals surface area contributed by atoms with Crippen molar-refractivity contribution in [2.24, 2.45) is 11.1 Å². The van der Waals surface area contributed by atoms with Crippen molar-refractivity contribution < 1.29 is 9.53 Å². The molecule has 1 aromatic heterocycles. The fourth-order valence-corrected chi connectivity index (χ4v) is 3.47. The van der Waals surface area contributed by atoms with E-state index in [1.807, 2.05) is 32.0 Å². The molecule has 26 heavy (non-hydrogen) atoms. The number of carbonyl (C=O) groups excluding carboxylic acids is 1. The largest absolute Gasteiger partial charge is 0.461 e. The number of benzene rings is 1. The Morgan fingerprint density at radius 2 is 1.92 bits per heavy atom. The highest BCUT2D eigenvalue weighted by atomic mass is 16.5. The maximum atomic E-state index is 12.9. The number of hydrogen-bond acceptors (Lipinski definition) is 4. The van der Waals surface area contributed by atoms with E-state index in [1.54, 1.807) is 0 Å². The Morgan fingerprint density at radius 1 is 1.23 bits per heavy atom. The van der Waals surface area contributed by atoms with Crippen LogP contribution in [0.2, 0.25) is 0 Å². The molecule has 1 unspecified atom stereocenters. The van der Waals surface area contributed by atoms with Gasteiger partial charge in [-0.2, -0.15) is 0 Å². The third-order valence-electron chi connectivity index (χ3n) is 4.74. The average Bonchev–Trinajstić information content (AvgIpc) is 3.36. The van der Waals surface area contributed by atoms with Gasteiger partial charge in [0.25, 0.3) is 0 Å². The number of carbonyl (C=O) groups is 1. The molecule has 0 spiro atoms. The Bertz CT molecular complexity index is 818. The van der Waals surface area contributed by atoms with Gasteiger partial charge in [0.05, 0.1) is 11.6 Å². The molecule has 0 aliphatic heterocycles. The highest BCUT2D eigenvalue weighted by Crippen LogP contribution is 2.40. The van der Waals surface area contributed by atoms with E-state index in [1.165, 1.54) is 12.8 Å². The van der Waals surface area contributed by atoms with Gasteiger partial charge < -0.3 is 10.5 Å². The zero-order valence-electron chi connectivity index (χ0n) is 16.5.